The Labute approximate surface area is 112 Å². The first-order chi connectivity index (χ1) is 7.87. The lowest BCUT2D eigenvalue weighted by atomic mass is 9.81. The van der Waals surface area contributed by atoms with Gasteiger partial charge in [0.25, 0.3) is 0 Å². The summed E-state index contributed by atoms with van der Waals surface area (Å²) >= 11 is 4.59. The van der Waals surface area contributed by atoms with Crippen molar-refractivity contribution < 1.29 is 5.11 Å². The van der Waals surface area contributed by atoms with Crippen LogP contribution in [0.5, 0.6) is 0 Å². The molecule has 0 amide bonds. The molecule has 1 saturated carbocycles. The van der Waals surface area contributed by atoms with Crippen molar-refractivity contribution in [2.45, 2.75) is 58.0 Å². The van der Waals surface area contributed by atoms with Crippen molar-refractivity contribution in [2.24, 2.45) is 5.41 Å². The number of hydrogen-bond acceptors (Lipinski definition) is 3. The molecule has 2 nitrogen and oxygen atoms in total. The number of rotatable bonds is 5. The molecule has 0 aliphatic heterocycles. The fourth-order valence-corrected chi connectivity index (χ4v) is 3.55. The number of nitrogens with zero attached hydrogens (tertiary/aromatic N) is 1. The lowest BCUT2D eigenvalue weighted by Crippen LogP contribution is -2.43. The Balaban J connectivity index is 2.54. The standard InChI is InChI=1S/C14H29NOS/c1-13(2,16)10-15(3)11-14(12-17)8-6-4-5-7-9-14/h16-17H,4-12H2,1-3H3. The molecule has 17 heavy (non-hydrogen) atoms. The summed E-state index contributed by atoms with van der Waals surface area (Å²) < 4.78 is 0. The molecule has 1 rings (SSSR count). The maximum atomic E-state index is 9.87. The largest absolute Gasteiger partial charge is 0.389 e. The molecule has 1 aliphatic rings. The summed E-state index contributed by atoms with van der Waals surface area (Å²) in [6.45, 7) is 5.57. The second-order valence-electron chi connectivity index (χ2n) is 6.56. The zero-order valence-electron chi connectivity index (χ0n) is 11.7. The Morgan fingerprint density at radius 2 is 1.71 bits per heavy atom. The van der Waals surface area contributed by atoms with Crippen LogP contribution in [0.25, 0.3) is 0 Å². The van der Waals surface area contributed by atoms with Gasteiger partial charge < -0.3 is 10.0 Å². The van der Waals surface area contributed by atoms with Crippen molar-refractivity contribution in [1.29, 1.82) is 0 Å². The van der Waals surface area contributed by atoms with E-state index in [-0.39, 0.29) is 0 Å². The molecule has 1 N–H and O–H groups in total. The summed E-state index contributed by atoms with van der Waals surface area (Å²) in [5.41, 5.74) is -0.225. The van der Waals surface area contributed by atoms with Gasteiger partial charge in [-0.1, -0.05) is 25.7 Å². The van der Waals surface area contributed by atoms with E-state index in [1.54, 1.807) is 0 Å². The average Bonchev–Trinajstić information content (AvgIpc) is 2.41. The van der Waals surface area contributed by atoms with Gasteiger partial charge >= 0.3 is 0 Å². The summed E-state index contributed by atoms with van der Waals surface area (Å²) in [6, 6.07) is 0. The highest BCUT2D eigenvalue weighted by atomic mass is 32.1. The highest BCUT2D eigenvalue weighted by Crippen LogP contribution is 2.36. The van der Waals surface area contributed by atoms with Gasteiger partial charge in [0.2, 0.25) is 0 Å². The van der Waals surface area contributed by atoms with Crippen molar-refractivity contribution in [2.75, 3.05) is 25.9 Å². The normalized spacial score (nSPS) is 21.5. The van der Waals surface area contributed by atoms with Crippen molar-refractivity contribution >= 4 is 12.6 Å². The Morgan fingerprint density at radius 1 is 1.18 bits per heavy atom. The summed E-state index contributed by atoms with van der Waals surface area (Å²) in [6.07, 6.45) is 8.04. The van der Waals surface area contributed by atoms with Gasteiger partial charge in [-0.15, -0.1) is 0 Å². The fraction of sp³-hybridized carbons (Fsp3) is 1.00. The van der Waals surface area contributed by atoms with E-state index < -0.39 is 5.60 Å². The molecule has 0 radical (unpaired) electrons. The van der Waals surface area contributed by atoms with E-state index >= 15 is 0 Å². The van der Waals surface area contributed by atoms with Crippen LogP contribution in [0.2, 0.25) is 0 Å². The second-order valence-corrected chi connectivity index (χ2v) is 6.87. The minimum Gasteiger partial charge on any atom is -0.389 e. The molecule has 1 fully saturated rings. The van der Waals surface area contributed by atoms with Crippen LogP contribution in [0, 0.1) is 5.41 Å². The molecule has 0 spiro atoms. The van der Waals surface area contributed by atoms with E-state index in [0.29, 0.717) is 5.41 Å². The summed E-state index contributed by atoms with van der Waals surface area (Å²) in [7, 11) is 2.12. The fourth-order valence-electron chi connectivity index (χ4n) is 3.13. The van der Waals surface area contributed by atoms with Gasteiger partial charge in [0.05, 0.1) is 5.60 Å². The molecular weight excluding hydrogens is 230 g/mol. The van der Waals surface area contributed by atoms with E-state index in [9.17, 15) is 5.11 Å². The lowest BCUT2D eigenvalue weighted by Gasteiger charge is -2.37. The predicted molar refractivity (Wildman–Crippen MR) is 77.8 cm³/mol. The molecule has 102 valence electrons. The first-order valence-electron chi connectivity index (χ1n) is 6.89. The van der Waals surface area contributed by atoms with Crippen LogP contribution in [0.15, 0.2) is 0 Å². The molecule has 0 atom stereocenters. The van der Waals surface area contributed by atoms with Crippen LogP contribution >= 0.6 is 12.6 Å². The SMILES string of the molecule is CN(CC(C)(C)O)CC1(CS)CCCCCC1. The van der Waals surface area contributed by atoms with Gasteiger partial charge in [0, 0.05) is 13.1 Å². The van der Waals surface area contributed by atoms with E-state index in [2.05, 4.69) is 24.6 Å². The maximum absolute atomic E-state index is 9.87. The number of thiol groups is 1. The molecule has 0 aromatic heterocycles. The molecule has 0 unspecified atom stereocenters. The Morgan fingerprint density at radius 3 is 2.12 bits per heavy atom. The highest BCUT2D eigenvalue weighted by Gasteiger charge is 2.31. The highest BCUT2D eigenvalue weighted by molar-refractivity contribution is 7.80. The van der Waals surface area contributed by atoms with Crippen LogP contribution in [0.4, 0.5) is 0 Å². The smallest absolute Gasteiger partial charge is 0.0718 e. The first kappa shape index (κ1) is 15.3. The lowest BCUT2D eigenvalue weighted by molar-refractivity contribution is 0.0307. The molecule has 0 saturated heterocycles. The topological polar surface area (TPSA) is 23.5 Å². The van der Waals surface area contributed by atoms with Crippen LogP contribution in [-0.2, 0) is 0 Å². The van der Waals surface area contributed by atoms with E-state index in [1.807, 2.05) is 13.8 Å². The minimum atomic E-state index is -0.600. The van der Waals surface area contributed by atoms with Crippen LogP contribution in [0.3, 0.4) is 0 Å². The summed E-state index contributed by atoms with van der Waals surface area (Å²) in [5.74, 6) is 0.975. The molecule has 0 aromatic rings. The van der Waals surface area contributed by atoms with E-state index in [0.717, 1.165) is 18.8 Å². The van der Waals surface area contributed by atoms with Gasteiger partial charge in [-0.2, -0.15) is 12.6 Å². The average molecular weight is 259 g/mol. The number of aliphatic hydroxyl groups is 1. The molecular formula is C14H29NOS. The first-order valence-corrected chi connectivity index (χ1v) is 7.52. The van der Waals surface area contributed by atoms with E-state index in [4.69, 9.17) is 0 Å². The quantitative estimate of drug-likeness (QED) is 0.586. The second kappa shape index (κ2) is 6.44. The number of hydrogen-bond donors (Lipinski definition) is 2. The van der Waals surface area contributed by atoms with Crippen LogP contribution in [-0.4, -0.2) is 41.5 Å². The Bertz CT molecular complexity index is 217. The van der Waals surface area contributed by atoms with Gasteiger partial charge in [-0.25, -0.2) is 0 Å². The third kappa shape index (κ3) is 5.62. The van der Waals surface area contributed by atoms with Crippen molar-refractivity contribution in [3.8, 4) is 0 Å². The van der Waals surface area contributed by atoms with Crippen molar-refractivity contribution in [1.82, 2.24) is 4.90 Å². The predicted octanol–water partition coefficient (Wildman–Crippen LogP) is 2.96. The van der Waals surface area contributed by atoms with Gasteiger partial charge in [-0.05, 0) is 44.9 Å². The van der Waals surface area contributed by atoms with Crippen LogP contribution in [0.1, 0.15) is 52.4 Å². The van der Waals surface area contributed by atoms with Gasteiger partial charge in [-0.3, -0.25) is 0 Å². The monoisotopic (exact) mass is 259 g/mol. The Kier molecular flexibility index (Phi) is 5.81. The molecule has 0 bridgehead atoms. The minimum absolute atomic E-state index is 0.375. The van der Waals surface area contributed by atoms with Crippen molar-refractivity contribution in [3.05, 3.63) is 0 Å². The van der Waals surface area contributed by atoms with Gasteiger partial charge in [0.1, 0.15) is 0 Å². The maximum Gasteiger partial charge on any atom is 0.0718 e. The van der Waals surface area contributed by atoms with Crippen molar-refractivity contribution in [3.63, 3.8) is 0 Å². The number of likely N-dealkylation sites (N-methyl/N-ethyl adjacent to an activating group) is 1. The zero-order chi connectivity index (χ0) is 12.9. The molecule has 0 aromatic carbocycles. The molecule has 0 heterocycles. The summed E-state index contributed by atoms with van der Waals surface area (Å²) in [5, 5.41) is 9.87. The third-order valence-corrected chi connectivity index (χ3v) is 4.43. The summed E-state index contributed by atoms with van der Waals surface area (Å²) in [4.78, 5) is 2.28. The Hall–Kier alpha value is 0.270. The van der Waals surface area contributed by atoms with Crippen LogP contribution < -0.4 is 0 Å². The van der Waals surface area contributed by atoms with E-state index in [1.165, 1.54) is 38.5 Å². The van der Waals surface area contributed by atoms with Gasteiger partial charge in [0.15, 0.2) is 0 Å². The third-order valence-electron chi connectivity index (χ3n) is 3.76. The molecule has 3 heteroatoms. The zero-order valence-corrected chi connectivity index (χ0v) is 12.6. The molecule has 1 aliphatic carbocycles.